The van der Waals surface area contributed by atoms with Crippen molar-refractivity contribution in [3.63, 3.8) is 0 Å². The van der Waals surface area contributed by atoms with Gasteiger partial charge in [-0.3, -0.25) is 4.79 Å². The minimum atomic E-state index is 0.0142. The second-order valence-electron chi connectivity index (χ2n) is 9.99. The number of amides is 1. The van der Waals surface area contributed by atoms with Crippen molar-refractivity contribution in [3.05, 3.63) is 95.3 Å². The smallest absolute Gasteiger partial charge is 0.254 e. The summed E-state index contributed by atoms with van der Waals surface area (Å²) in [5.74, 6) is 0.0142. The van der Waals surface area contributed by atoms with E-state index in [0.717, 1.165) is 64.1 Å². The van der Waals surface area contributed by atoms with Gasteiger partial charge in [0.05, 0.1) is 12.3 Å². The molecule has 1 unspecified atom stereocenters. The van der Waals surface area contributed by atoms with Crippen LogP contribution in [0.2, 0.25) is 0 Å². The molecule has 3 aromatic heterocycles. The Kier molecular flexibility index (Phi) is 6.02. The van der Waals surface area contributed by atoms with Gasteiger partial charge < -0.3 is 24.7 Å². The summed E-state index contributed by atoms with van der Waals surface area (Å²) in [6.07, 6.45) is 3.85. The van der Waals surface area contributed by atoms with Gasteiger partial charge in [0.25, 0.3) is 5.91 Å². The van der Waals surface area contributed by atoms with Crippen LogP contribution < -0.4 is 5.73 Å². The molecular weight excluding hydrogens is 462 g/mol. The van der Waals surface area contributed by atoms with Crippen molar-refractivity contribution in [3.8, 4) is 11.4 Å². The van der Waals surface area contributed by atoms with Gasteiger partial charge >= 0.3 is 0 Å². The van der Waals surface area contributed by atoms with E-state index in [9.17, 15) is 9.90 Å². The third-order valence-electron chi connectivity index (χ3n) is 7.46. The van der Waals surface area contributed by atoms with Crippen LogP contribution >= 0.6 is 0 Å². The minimum Gasteiger partial charge on any atom is -0.392 e. The standard InChI is InChI=1S/C30H31N5O2/c1-20-29(32-28-16-24(12-14-34(20)28)30(37)33-13-4-6-25(31)18-33)27-15-23-5-2-3-7-26(23)35(27)17-21-8-10-22(19-36)11-9-21/h2-3,5,7-12,14-16,25,36H,4,6,13,17-19,31H2,1H3. The molecule has 0 saturated carbocycles. The number of benzene rings is 2. The van der Waals surface area contributed by atoms with Crippen LogP contribution in [0.3, 0.4) is 0 Å². The molecule has 0 aliphatic carbocycles. The number of rotatable bonds is 5. The van der Waals surface area contributed by atoms with Gasteiger partial charge in [-0.15, -0.1) is 0 Å². The second kappa shape index (κ2) is 9.50. The van der Waals surface area contributed by atoms with E-state index in [4.69, 9.17) is 10.7 Å². The molecule has 1 fully saturated rings. The quantitative estimate of drug-likeness (QED) is 0.381. The number of hydrogen-bond donors (Lipinski definition) is 2. The molecule has 1 atom stereocenters. The third-order valence-corrected chi connectivity index (χ3v) is 7.46. The number of nitrogens with two attached hydrogens (primary N) is 1. The zero-order chi connectivity index (χ0) is 25.5. The van der Waals surface area contributed by atoms with E-state index in [2.05, 4.69) is 47.9 Å². The van der Waals surface area contributed by atoms with Crippen LogP contribution in [0.5, 0.6) is 0 Å². The Bertz CT molecular complexity index is 1600. The van der Waals surface area contributed by atoms with Gasteiger partial charge in [0, 0.05) is 54.0 Å². The van der Waals surface area contributed by atoms with E-state index in [1.54, 1.807) is 0 Å². The zero-order valence-corrected chi connectivity index (χ0v) is 21.0. The summed E-state index contributed by atoms with van der Waals surface area (Å²) < 4.78 is 4.34. The lowest BCUT2D eigenvalue weighted by molar-refractivity contribution is 0.0709. The lowest BCUT2D eigenvalue weighted by Gasteiger charge is -2.30. The highest BCUT2D eigenvalue weighted by Gasteiger charge is 2.24. The Hall–Kier alpha value is -3.94. The molecule has 37 heavy (non-hydrogen) atoms. The molecule has 0 spiro atoms. The number of aryl methyl sites for hydroxylation is 1. The molecule has 0 radical (unpaired) electrons. The molecule has 1 amide bonds. The van der Waals surface area contributed by atoms with Crippen molar-refractivity contribution >= 4 is 22.5 Å². The second-order valence-corrected chi connectivity index (χ2v) is 9.99. The molecule has 4 heterocycles. The first kappa shape index (κ1) is 23.5. The number of hydrogen-bond acceptors (Lipinski definition) is 4. The summed E-state index contributed by atoms with van der Waals surface area (Å²) in [6.45, 7) is 4.13. The molecule has 1 aliphatic rings. The van der Waals surface area contributed by atoms with Crippen LogP contribution in [0.1, 0.15) is 40.0 Å². The number of nitrogens with zero attached hydrogens (tertiary/aromatic N) is 4. The lowest BCUT2D eigenvalue weighted by atomic mass is 10.1. The topological polar surface area (TPSA) is 88.8 Å². The maximum absolute atomic E-state index is 13.2. The summed E-state index contributed by atoms with van der Waals surface area (Å²) in [4.78, 5) is 20.1. The van der Waals surface area contributed by atoms with Crippen molar-refractivity contribution in [1.29, 1.82) is 0 Å². The van der Waals surface area contributed by atoms with Gasteiger partial charge in [-0.2, -0.15) is 0 Å². The Labute approximate surface area is 215 Å². The Morgan fingerprint density at radius 3 is 2.65 bits per heavy atom. The van der Waals surface area contributed by atoms with Crippen LogP contribution in [0.15, 0.2) is 72.9 Å². The van der Waals surface area contributed by atoms with Gasteiger partial charge in [-0.1, -0.05) is 42.5 Å². The van der Waals surface area contributed by atoms with E-state index in [1.165, 1.54) is 0 Å². The minimum absolute atomic E-state index is 0.0142. The molecule has 7 heteroatoms. The van der Waals surface area contributed by atoms with Crippen LogP contribution in [-0.2, 0) is 13.2 Å². The van der Waals surface area contributed by atoms with E-state index in [-0.39, 0.29) is 18.6 Å². The van der Waals surface area contributed by atoms with Crippen molar-refractivity contribution in [2.75, 3.05) is 13.1 Å². The van der Waals surface area contributed by atoms with E-state index in [0.29, 0.717) is 18.7 Å². The summed E-state index contributed by atoms with van der Waals surface area (Å²) in [5.41, 5.74) is 13.6. The maximum atomic E-state index is 13.2. The number of likely N-dealkylation sites (tertiary alicyclic amines) is 1. The van der Waals surface area contributed by atoms with Crippen LogP contribution in [0, 0.1) is 6.92 Å². The molecular formula is C30H31N5O2. The summed E-state index contributed by atoms with van der Waals surface area (Å²) in [7, 11) is 0. The van der Waals surface area contributed by atoms with E-state index < -0.39 is 0 Å². The van der Waals surface area contributed by atoms with E-state index in [1.807, 2.05) is 45.8 Å². The first-order valence-corrected chi connectivity index (χ1v) is 12.8. The predicted molar refractivity (Wildman–Crippen MR) is 145 cm³/mol. The molecule has 1 aliphatic heterocycles. The van der Waals surface area contributed by atoms with Gasteiger partial charge in [-0.25, -0.2) is 4.98 Å². The summed E-state index contributed by atoms with van der Waals surface area (Å²) in [5, 5.41) is 10.6. The molecule has 3 N–H and O–H groups in total. The SMILES string of the molecule is Cc1c(-c2cc3ccccc3n2Cc2ccc(CO)cc2)nc2cc(C(=O)N3CCCC(N)C3)ccn12. The molecule has 6 rings (SSSR count). The molecule has 0 bridgehead atoms. The van der Waals surface area contributed by atoms with Crippen LogP contribution in [0.25, 0.3) is 27.9 Å². The van der Waals surface area contributed by atoms with Crippen molar-refractivity contribution in [1.82, 2.24) is 18.9 Å². The highest BCUT2D eigenvalue weighted by molar-refractivity contribution is 5.95. The Morgan fingerprint density at radius 1 is 1.08 bits per heavy atom. The molecule has 5 aromatic rings. The normalized spacial score (nSPS) is 16.1. The average Bonchev–Trinajstić information content (AvgIpc) is 3.45. The number of piperidine rings is 1. The van der Waals surface area contributed by atoms with Gasteiger partial charge in [0.2, 0.25) is 0 Å². The number of carbonyl (C=O) groups is 1. The number of carbonyl (C=O) groups excluding carboxylic acids is 1. The summed E-state index contributed by atoms with van der Waals surface area (Å²) in [6, 6.07) is 22.4. The fourth-order valence-electron chi connectivity index (χ4n) is 5.43. The first-order valence-electron chi connectivity index (χ1n) is 12.8. The van der Waals surface area contributed by atoms with Crippen molar-refractivity contribution < 1.29 is 9.90 Å². The molecule has 188 valence electrons. The largest absolute Gasteiger partial charge is 0.392 e. The lowest BCUT2D eigenvalue weighted by Crippen LogP contribution is -2.45. The zero-order valence-electron chi connectivity index (χ0n) is 21.0. The number of aromatic nitrogens is 3. The van der Waals surface area contributed by atoms with Gasteiger partial charge in [0.1, 0.15) is 11.3 Å². The van der Waals surface area contributed by atoms with Crippen LogP contribution in [0.4, 0.5) is 0 Å². The van der Waals surface area contributed by atoms with E-state index >= 15 is 0 Å². The third kappa shape index (κ3) is 4.30. The maximum Gasteiger partial charge on any atom is 0.254 e. The van der Waals surface area contributed by atoms with Gasteiger partial charge in [-0.05, 0) is 55.2 Å². The monoisotopic (exact) mass is 493 g/mol. The first-order chi connectivity index (χ1) is 18.0. The number of pyridine rings is 1. The fraction of sp³-hybridized carbons (Fsp3) is 0.267. The predicted octanol–water partition coefficient (Wildman–Crippen LogP) is 4.37. The molecule has 1 saturated heterocycles. The Balaban J connectivity index is 1.41. The van der Waals surface area contributed by atoms with Crippen molar-refractivity contribution in [2.45, 2.75) is 39.0 Å². The number of aliphatic hydroxyl groups excluding tert-OH is 1. The highest BCUT2D eigenvalue weighted by Crippen LogP contribution is 2.31. The van der Waals surface area contributed by atoms with Crippen LogP contribution in [-0.4, -0.2) is 49.0 Å². The van der Waals surface area contributed by atoms with Crippen molar-refractivity contribution in [2.24, 2.45) is 5.73 Å². The number of para-hydroxylation sites is 1. The highest BCUT2D eigenvalue weighted by atomic mass is 16.3. The van der Waals surface area contributed by atoms with Gasteiger partial charge in [0.15, 0.2) is 0 Å². The average molecular weight is 494 g/mol. The number of fused-ring (bicyclic) bond motifs is 2. The summed E-state index contributed by atoms with van der Waals surface area (Å²) >= 11 is 0. The molecule has 2 aromatic carbocycles. The molecule has 7 nitrogen and oxygen atoms in total. The number of imidazole rings is 1. The number of aliphatic hydroxyl groups is 1. The fourth-order valence-corrected chi connectivity index (χ4v) is 5.43. The Morgan fingerprint density at radius 2 is 1.86 bits per heavy atom.